The number of nitrogens with one attached hydrogen (secondary N) is 1. The van der Waals surface area contributed by atoms with Crippen molar-refractivity contribution in [3.63, 3.8) is 0 Å². The van der Waals surface area contributed by atoms with Crippen molar-refractivity contribution < 1.29 is 22.9 Å². The maximum Gasteiger partial charge on any atom is 0.310 e. The zero-order chi connectivity index (χ0) is 12.5. The predicted molar refractivity (Wildman–Crippen MR) is 47.3 cm³/mol. The maximum absolute atomic E-state index is 13.1. The fraction of sp³-hybridized carbons (Fsp3) is 0.125. The second-order valence-corrected chi connectivity index (χ2v) is 2.82. The van der Waals surface area contributed by atoms with E-state index in [2.05, 4.69) is 0 Å². The van der Waals surface area contributed by atoms with Gasteiger partial charge >= 0.3 is 5.69 Å². The SMILES string of the molecule is CC(=O)Nc1c(F)cc([N+](=O)[O-])c(F)c1F. The molecule has 1 rings (SSSR count). The lowest BCUT2D eigenvalue weighted by atomic mass is 10.2. The molecule has 0 heterocycles. The number of benzene rings is 1. The van der Waals surface area contributed by atoms with Crippen molar-refractivity contribution in [1.29, 1.82) is 0 Å². The fourth-order valence-electron chi connectivity index (χ4n) is 1.01. The van der Waals surface area contributed by atoms with Gasteiger partial charge in [-0.05, 0) is 0 Å². The molecule has 16 heavy (non-hydrogen) atoms. The molecule has 0 bridgehead atoms. The molecule has 0 aliphatic carbocycles. The summed E-state index contributed by atoms with van der Waals surface area (Å²) in [5.74, 6) is -5.87. The van der Waals surface area contributed by atoms with Gasteiger partial charge in [0.2, 0.25) is 11.7 Å². The van der Waals surface area contributed by atoms with Crippen molar-refractivity contribution in [2.75, 3.05) is 5.32 Å². The van der Waals surface area contributed by atoms with Crippen LogP contribution in [0.5, 0.6) is 0 Å². The zero-order valence-corrected chi connectivity index (χ0v) is 7.88. The van der Waals surface area contributed by atoms with Gasteiger partial charge in [0.05, 0.1) is 11.0 Å². The van der Waals surface area contributed by atoms with Crippen molar-refractivity contribution in [2.24, 2.45) is 0 Å². The van der Waals surface area contributed by atoms with Gasteiger partial charge < -0.3 is 5.32 Å². The number of nitrogens with zero attached hydrogens (tertiary/aromatic N) is 1. The van der Waals surface area contributed by atoms with Crippen LogP contribution in [0.1, 0.15) is 6.92 Å². The summed E-state index contributed by atoms with van der Waals surface area (Å²) in [6.07, 6.45) is 0. The Morgan fingerprint density at radius 3 is 2.38 bits per heavy atom. The lowest BCUT2D eigenvalue weighted by Gasteiger charge is -2.06. The van der Waals surface area contributed by atoms with Crippen LogP contribution < -0.4 is 5.32 Å². The molecule has 0 saturated heterocycles. The predicted octanol–water partition coefficient (Wildman–Crippen LogP) is 1.97. The van der Waals surface area contributed by atoms with E-state index >= 15 is 0 Å². The summed E-state index contributed by atoms with van der Waals surface area (Å²) < 4.78 is 39.2. The minimum atomic E-state index is -1.82. The Kier molecular flexibility index (Phi) is 3.11. The van der Waals surface area contributed by atoms with Gasteiger partial charge in [0, 0.05) is 6.92 Å². The van der Waals surface area contributed by atoms with Crippen molar-refractivity contribution in [2.45, 2.75) is 6.92 Å². The van der Waals surface area contributed by atoms with Crippen LogP contribution in [0.4, 0.5) is 24.5 Å². The van der Waals surface area contributed by atoms with E-state index in [0.717, 1.165) is 6.92 Å². The summed E-state index contributed by atoms with van der Waals surface area (Å²) in [6, 6.07) is 0.198. The molecule has 86 valence electrons. The van der Waals surface area contributed by atoms with Crippen LogP contribution >= 0.6 is 0 Å². The molecule has 1 aromatic carbocycles. The molecule has 1 amide bonds. The summed E-state index contributed by atoms with van der Waals surface area (Å²) in [4.78, 5) is 19.5. The van der Waals surface area contributed by atoms with E-state index in [-0.39, 0.29) is 6.07 Å². The molecule has 0 spiro atoms. The van der Waals surface area contributed by atoms with Crippen LogP contribution in [-0.2, 0) is 4.79 Å². The molecule has 0 atom stereocenters. The largest absolute Gasteiger partial charge is 0.321 e. The summed E-state index contributed by atoms with van der Waals surface area (Å²) >= 11 is 0. The first-order valence-corrected chi connectivity index (χ1v) is 3.94. The lowest BCUT2D eigenvalue weighted by Crippen LogP contribution is -2.11. The number of anilines is 1. The van der Waals surface area contributed by atoms with Crippen LogP contribution in [-0.4, -0.2) is 10.8 Å². The summed E-state index contributed by atoms with van der Waals surface area (Å²) in [5.41, 5.74) is -2.38. The molecular formula is C8H5F3N2O3. The molecule has 1 aromatic rings. The Morgan fingerprint density at radius 2 is 1.94 bits per heavy atom. The molecule has 0 unspecified atom stereocenters. The second-order valence-electron chi connectivity index (χ2n) is 2.82. The van der Waals surface area contributed by atoms with Crippen molar-refractivity contribution in [3.05, 3.63) is 33.6 Å². The molecule has 0 radical (unpaired) electrons. The van der Waals surface area contributed by atoms with E-state index < -0.39 is 39.7 Å². The summed E-state index contributed by atoms with van der Waals surface area (Å²) in [6.45, 7) is 0.957. The monoisotopic (exact) mass is 234 g/mol. The first-order chi connectivity index (χ1) is 7.34. The van der Waals surface area contributed by atoms with E-state index in [1.165, 1.54) is 0 Å². The lowest BCUT2D eigenvalue weighted by molar-refractivity contribution is -0.388. The quantitative estimate of drug-likeness (QED) is 0.483. The van der Waals surface area contributed by atoms with Crippen LogP contribution in [0.2, 0.25) is 0 Å². The van der Waals surface area contributed by atoms with Gasteiger partial charge in [-0.3, -0.25) is 14.9 Å². The number of amides is 1. The average molecular weight is 234 g/mol. The highest BCUT2D eigenvalue weighted by Gasteiger charge is 2.26. The molecule has 1 N–H and O–H groups in total. The minimum absolute atomic E-state index is 0.198. The first-order valence-electron chi connectivity index (χ1n) is 3.94. The van der Waals surface area contributed by atoms with Crippen molar-refractivity contribution >= 4 is 17.3 Å². The number of rotatable bonds is 2. The van der Waals surface area contributed by atoms with Gasteiger partial charge in [-0.1, -0.05) is 0 Å². The van der Waals surface area contributed by atoms with Gasteiger partial charge in [-0.15, -0.1) is 0 Å². The van der Waals surface area contributed by atoms with E-state index in [0.29, 0.717) is 0 Å². The minimum Gasteiger partial charge on any atom is -0.321 e. The second kappa shape index (κ2) is 4.17. The Morgan fingerprint density at radius 1 is 1.38 bits per heavy atom. The third-order valence-electron chi connectivity index (χ3n) is 1.64. The van der Waals surface area contributed by atoms with Crippen molar-refractivity contribution in [1.82, 2.24) is 0 Å². The smallest absolute Gasteiger partial charge is 0.310 e. The highest BCUT2D eigenvalue weighted by molar-refractivity contribution is 5.89. The Labute approximate surface area is 87.0 Å². The number of carbonyl (C=O) groups excluding carboxylic acids is 1. The topological polar surface area (TPSA) is 72.2 Å². The maximum atomic E-state index is 13.1. The molecule has 0 saturated carbocycles. The van der Waals surface area contributed by atoms with Crippen LogP contribution in [0, 0.1) is 27.6 Å². The molecule has 0 aliphatic rings. The van der Waals surface area contributed by atoms with Crippen LogP contribution in [0.3, 0.4) is 0 Å². The summed E-state index contributed by atoms with van der Waals surface area (Å²) in [5, 5.41) is 11.9. The third kappa shape index (κ3) is 2.10. The number of nitro groups is 1. The number of hydrogen-bond donors (Lipinski definition) is 1. The third-order valence-corrected chi connectivity index (χ3v) is 1.64. The summed E-state index contributed by atoms with van der Waals surface area (Å²) in [7, 11) is 0. The van der Waals surface area contributed by atoms with E-state index in [1.54, 1.807) is 5.32 Å². The van der Waals surface area contributed by atoms with Gasteiger partial charge in [0.1, 0.15) is 5.69 Å². The highest BCUT2D eigenvalue weighted by Crippen LogP contribution is 2.28. The number of carbonyl (C=O) groups is 1. The van der Waals surface area contributed by atoms with Gasteiger partial charge in [-0.2, -0.15) is 4.39 Å². The van der Waals surface area contributed by atoms with Crippen LogP contribution in [0.25, 0.3) is 0 Å². The van der Waals surface area contributed by atoms with Crippen molar-refractivity contribution in [3.8, 4) is 0 Å². The first kappa shape index (κ1) is 12.0. The molecule has 8 heteroatoms. The van der Waals surface area contributed by atoms with Gasteiger partial charge in [-0.25, -0.2) is 8.78 Å². The van der Waals surface area contributed by atoms with Crippen LogP contribution in [0.15, 0.2) is 6.07 Å². The van der Waals surface area contributed by atoms with Gasteiger partial charge in [0.25, 0.3) is 0 Å². The normalized spacial score (nSPS) is 10.0. The Balaban J connectivity index is 3.39. The number of hydrogen-bond acceptors (Lipinski definition) is 3. The number of nitro benzene ring substituents is 1. The van der Waals surface area contributed by atoms with E-state index in [4.69, 9.17) is 0 Å². The standard InChI is InChI=1S/C8H5F3N2O3/c1-3(14)12-8-4(9)2-5(13(15)16)6(10)7(8)11/h2H,1H3,(H,12,14). The van der Waals surface area contributed by atoms with Gasteiger partial charge in [0.15, 0.2) is 11.6 Å². The zero-order valence-electron chi connectivity index (χ0n) is 7.88. The Hall–Kier alpha value is -2.12. The molecule has 0 aromatic heterocycles. The fourth-order valence-corrected chi connectivity index (χ4v) is 1.01. The highest BCUT2D eigenvalue weighted by atomic mass is 19.2. The van der Waals surface area contributed by atoms with E-state index in [9.17, 15) is 28.1 Å². The number of halogens is 3. The Bertz CT molecular complexity index is 476. The molecular weight excluding hydrogens is 229 g/mol. The molecule has 0 aliphatic heterocycles. The molecule has 0 fully saturated rings. The average Bonchev–Trinajstić information content (AvgIpc) is 2.17. The molecule has 5 nitrogen and oxygen atoms in total. The van der Waals surface area contributed by atoms with E-state index in [1.807, 2.05) is 0 Å².